The van der Waals surface area contributed by atoms with Gasteiger partial charge in [-0.2, -0.15) is 0 Å². The number of hydrogen-bond donors (Lipinski definition) is 2. The van der Waals surface area contributed by atoms with Crippen LogP contribution in [0.4, 0.5) is 0 Å². The first-order chi connectivity index (χ1) is 10.6. The van der Waals surface area contributed by atoms with Gasteiger partial charge in [0.1, 0.15) is 12.3 Å². The van der Waals surface area contributed by atoms with Gasteiger partial charge in [-0.1, -0.05) is 18.2 Å². The number of amides is 1. The Labute approximate surface area is 126 Å². The van der Waals surface area contributed by atoms with E-state index in [0.29, 0.717) is 5.75 Å². The summed E-state index contributed by atoms with van der Waals surface area (Å²) in [6, 6.07) is 8.53. The first-order valence-electron chi connectivity index (χ1n) is 6.47. The molecule has 0 unspecified atom stereocenters. The summed E-state index contributed by atoms with van der Waals surface area (Å²) in [5, 5.41) is 2.16. The number of carbonyl (C=O) groups excluding carboxylic acids is 3. The zero-order valence-corrected chi connectivity index (χ0v) is 12.0. The number of nitrogens with one attached hydrogen (secondary N) is 2. The molecular formula is C14H16N3O5+. The Bertz CT molecular complexity index is 594. The van der Waals surface area contributed by atoms with E-state index < -0.39 is 36.5 Å². The summed E-state index contributed by atoms with van der Waals surface area (Å²) < 4.78 is 9.80. The molecule has 2 N–H and O–H groups in total. The minimum atomic E-state index is -0.926. The lowest BCUT2D eigenvalue weighted by Crippen LogP contribution is -2.41. The van der Waals surface area contributed by atoms with E-state index in [2.05, 4.69) is 14.8 Å². The standard InChI is InChI=1S/C14H15N3O5/c1-2-21-12(19)8-16-14(20)13(17-15)11(18)9-22-10-6-4-3-5-7-10/h3-7,15H,2,8-9H2,1H3/p+1. The van der Waals surface area contributed by atoms with E-state index >= 15 is 0 Å². The van der Waals surface area contributed by atoms with Gasteiger partial charge < -0.3 is 14.8 Å². The molecule has 0 aliphatic rings. The average Bonchev–Trinajstić information content (AvgIpc) is 2.53. The molecule has 1 aromatic rings. The SMILES string of the molecule is CCOC(=O)CNC(=O)C(=[N+]=N)C(=O)COc1ccccc1. The van der Waals surface area contributed by atoms with Crippen LogP contribution in [0.1, 0.15) is 6.92 Å². The van der Waals surface area contributed by atoms with Crippen LogP contribution in [-0.2, 0) is 19.1 Å². The molecule has 0 atom stereocenters. The number of ketones is 1. The first kappa shape index (κ1) is 17.1. The summed E-state index contributed by atoms with van der Waals surface area (Å²) in [6.07, 6.45) is 0. The molecule has 1 amide bonds. The van der Waals surface area contributed by atoms with Gasteiger partial charge in [-0.05, 0) is 19.1 Å². The fourth-order valence-electron chi connectivity index (χ4n) is 1.42. The van der Waals surface area contributed by atoms with Crippen molar-refractivity contribution >= 4 is 23.4 Å². The Balaban J connectivity index is 2.52. The van der Waals surface area contributed by atoms with E-state index in [1.54, 1.807) is 37.3 Å². The maximum absolute atomic E-state index is 11.8. The van der Waals surface area contributed by atoms with Crippen LogP contribution in [0, 0.1) is 5.53 Å². The summed E-state index contributed by atoms with van der Waals surface area (Å²) >= 11 is 0. The highest BCUT2D eigenvalue weighted by atomic mass is 16.5. The van der Waals surface area contributed by atoms with Crippen molar-refractivity contribution in [3.05, 3.63) is 30.3 Å². The molecule has 0 aliphatic carbocycles. The molecular weight excluding hydrogens is 290 g/mol. The Hall–Kier alpha value is -2.99. The third kappa shape index (κ3) is 5.56. The molecule has 0 saturated heterocycles. The lowest BCUT2D eigenvalue weighted by atomic mass is 10.2. The molecule has 8 heteroatoms. The van der Waals surface area contributed by atoms with Crippen molar-refractivity contribution in [1.29, 1.82) is 5.53 Å². The summed E-state index contributed by atoms with van der Waals surface area (Å²) in [5.41, 5.74) is 6.27. The molecule has 8 nitrogen and oxygen atoms in total. The van der Waals surface area contributed by atoms with Gasteiger partial charge in [0.25, 0.3) is 5.78 Å². The van der Waals surface area contributed by atoms with E-state index in [-0.39, 0.29) is 6.61 Å². The van der Waals surface area contributed by atoms with Crippen LogP contribution in [0.15, 0.2) is 30.3 Å². The Morgan fingerprint density at radius 2 is 1.91 bits per heavy atom. The summed E-state index contributed by atoms with van der Waals surface area (Å²) in [7, 11) is 0. The topological polar surface area (TPSA) is 120 Å². The molecule has 1 rings (SSSR count). The maximum Gasteiger partial charge on any atom is 0.474 e. The molecule has 0 saturated carbocycles. The minimum Gasteiger partial charge on any atom is -0.485 e. The Morgan fingerprint density at radius 1 is 1.23 bits per heavy atom. The number of hydrogen-bond acceptors (Lipinski definition) is 6. The lowest BCUT2D eigenvalue weighted by molar-refractivity contribution is -0.148. The highest BCUT2D eigenvalue weighted by Crippen LogP contribution is 2.07. The first-order valence-corrected chi connectivity index (χ1v) is 6.47. The number of carbonyl (C=O) groups is 3. The second-order valence-electron chi connectivity index (χ2n) is 3.97. The third-order valence-corrected chi connectivity index (χ3v) is 2.40. The van der Waals surface area contributed by atoms with Gasteiger partial charge in [0.2, 0.25) is 0 Å². The average molecular weight is 306 g/mol. The molecule has 1 aromatic carbocycles. The molecule has 0 radical (unpaired) electrons. The molecule has 0 aliphatic heterocycles. The van der Waals surface area contributed by atoms with Gasteiger partial charge in [-0.25, -0.2) is 0 Å². The van der Waals surface area contributed by atoms with Gasteiger partial charge in [0.05, 0.1) is 16.9 Å². The Morgan fingerprint density at radius 3 is 2.50 bits per heavy atom. The number of nitrogens with zero attached hydrogens (tertiary/aromatic N) is 1. The molecule has 0 aromatic heterocycles. The van der Waals surface area contributed by atoms with Gasteiger partial charge in [-0.15, -0.1) is 0 Å². The summed E-state index contributed by atoms with van der Waals surface area (Å²) in [5.74, 6) is -1.88. The van der Waals surface area contributed by atoms with Crippen molar-refractivity contribution in [3.63, 3.8) is 0 Å². The normalized spacial score (nSPS) is 9.32. The number of para-hydroxylation sites is 1. The van der Waals surface area contributed by atoms with Crippen LogP contribution < -0.4 is 10.1 Å². The minimum absolute atomic E-state index is 0.179. The molecule has 0 spiro atoms. The van der Waals surface area contributed by atoms with Crippen molar-refractivity contribution in [2.24, 2.45) is 0 Å². The lowest BCUT2D eigenvalue weighted by Gasteiger charge is -2.03. The number of rotatable bonds is 8. The van der Waals surface area contributed by atoms with Crippen molar-refractivity contribution in [1.82, 2.24) is 5.32 Å². The fourth-order valence-corrected chi connectivity index (χ4v) is 1.42. The molecule has 0 bridgehead atoms. The van der Waals surface area contributed by atoms with Crippen molar-refractivity contribution in [2.75, 3.05) is 19.8 Å². The Kier molecular flexibility index (Phi) is 7.01. The fraction of sp³-hybridized carbons (Fsp3) is 0.286. The predicted molar refractivity (Wildman–Crippen MR) is 74.6 cm³/mol. The van der Waals surface area contributed by atoms with E-state index in [4.69, 9.17) is 10.3 Å². The van der Waals surface area contributed by atoms with Crippen LogP contribution in [0.3, 0.4) is 0 Å². The van der Waals surface area contributed by atoms with Gasteiger partial charge >= 0.3 is 17.6 Å². The smallest absolute Gasteiger partial charge is 0.474 e. The quantitative estimate of drug-likeness (QED) is 0.230. The maximum atomic E-state index is 11.8. The predicted octanol–water partition coefficient (Wildman–Crippen LogP) is -0.00603. The molecule has 0 heterocycles. The monoisotopic (exact) mass is 306 g/mol. The van der Waals surface area contributed by atoms with E-state index in [0.717, 1.165) is 0 Å². The van der Waals surface area contributed by atoms with Gasteiger partial charge in [0, 0.05) is 0 Å². The van der Waals surface area contributed by atoms with Crippen LogP contribution in [-0.4, -0.2) is 47.9 Å². The van der Waals surface area contributed by atoms with Gasteiger partial charge in [0.15, 0.2) is 6.61 Å². The van der Waals surface area contributed by atoms with Crippen LogP contribution in [0.2, 0.25) is 0 Å². The summed E-state index contributed by atoms with van der Waals surface area (Å²) in [4.78, 5) is 37.5. The zero-order valence-electron chi connectivity index (χ0n) is 12.0. The third-order valence-electron chi connectivity index (χ3n) is 2.40. The molecule has 116 valence electrons. The van der Waals surface area contributed by atoms with Gasteiger partial charge in [-0.3, -0.25) is 14.4 Å². The van der Waals surface area contributed by atoms with Crippen molar-refractivity contribution < 1.29 is 28.6 Å². The zero-order chi connectivity index (χ0) is 16.4. The highest BCUT2D eigenvalue weighted by molar-refractivity contribution is 6.64. The largest absolute Gasteiger partial charge is 0.485 e. The van der Waals surface area contributed by atoms with Crippen LogP contribution in [0.25, 0.3) is 0 Å². The second-order valence-corrected chi connectivity index (χ2v) is 3.97. The number of Topliss-reactive ketones (excluding diaryl/α,β-unsaturated/α-hetero) is 1. The van der Waals surface area contributed by atoms with Crippen LogP contribution >= 0.6 is 0 Å². The highest BCUT2D eigenvalue weighted by Gasteiger charge is 2.32. The second kappa shape index (κ2) is 9.04. The molecule has 0 fully saturated rings. The van der Waals surface area contributed by atoms with E-state index in [9.17, 15) is 14.4 Å². The summed E-state index contributed by atoms with van der Waals surface area (Å²) in [6.45, 7) is 0.964. The van der Waals surface area contributed by atoms with Crippen molar-refractivity contribution in [2.45, 2.75) is 6.92 Å². The molecule has 22 heavy (non-hydrogen) atoms. The van der Waals surface area contributed by atoms with Crippen LogP contribution in [0.5, 0.6) is 5.75 Å². The van der Waals surface area contributed by atoms with Crippen molar-refractivity contribution in [3.8, 4) is 5.75 Å². The van der Waals surface area contributed by atoms with E-state index in [1.165, 1.54) is 0 Å². The number of ether oxygens (including phenoxy) is 2. The number of benzene rings is 1. The van der Waals surface area contributed by atoms with E-state index in [1.807, 2.05) is 0 Å². The number of esters is 1.